The van der Waals surface area contributed by atoms with Crippen LogP contribution in [-0.4, -0.2) is 15.0 Å². The molecule has 0 saturated carbocycles. The predicted molar refractivity (Wildman–Crippen MR) is 91.6 cm³/mol. The van der Waals surface area contributed by atoms with E-state index in [1.165, 1.54) is 21.8 Å². The van der Waals surface area contributed by atoms with Gasteiger partial charge in [-0.25, -0.2) is 0 Å². The van der Waals surface area contributed by atoms with Crippen LogP contribution in [0.5, 0.6) is 0 Å². The summed E-state index contributed by atoms with van der Waals surface area (Å²) in [5, 5.41) is 2.46. The van der Waals surface area contributed by atoms with Crippen LogP contribution in [0, 0.1) is 0 Å². The van der Waals surface area contributed by atoms with Crippen molar-refractivity contribution in [2.24, 2.45) is 0 Å². The molecule has 0 heterocycles. The second-order valence-corrected chi connectivity index (χ2v) is 8.76. The van der Waals surface area contributed by atoms with E-state index in [1.807, 2.05) is 0 Å². The number of alkyl halides is 2. The first-order valence-corrected chi connectivity index (χ1v) is 10.5. The Kier molecular flexibility index (Phi) is 6.66. The van der Waals surface area contributed by atoms with Gasteiger partial charge in [0.05, 0.1) is 0 Å². The zero-order valence-corrected chi connectivity index (χ0v) is 15.4. The van der Waals surface area contributed by atoms with E-state index in [4.69, 9.17) is 0 Å². The van der Waals surface area contributed by atoms with Crippen molar-refractivity contribution in [3.63, 3.8) is 0 Å². The summed E-state index contributed by atoms with van der Waals surface area (Å²) in [6, 6.07) is 21.3. The van der Waals surface area contributed by atoms with Gasteiger partial charge in [0.2, 0.25) is 0 Å². The molecule has 0 aliphatic rings. The maximum atomic E-state index is 3.79. The summed E-state index contributed by atoms with van der Waals surface area (Å²) in [5.41, 5.74) is 2.77. The molecule has 0 saturated heterocycles. The third-order valence-electron chi connectivity index (χ3n) is 2.85. The molecule has 2 unspecified atom stereocenters. The average Bonchev–Trinajstić information content (AvgIpc) is 2.49. The van der Waals surface area contributed by atoms with Crippen molar-refractivity contribution in [1.82, 2.24) is 0 Å². The summed E-state index contributed by atoms with van der Waals surface area (Å²) in [5.74, 6) is 0. The van der Waals surface area contributed by atoms with Crippen LogP contribution in [0.2, 0.25) is 10.6 Å². The van der Waals surface area contributed by atoms with Crippen LogP contribution in [0.15, 0.2) is 60.7 Å². The molecule has 0 spiro atoms. The Labute approximate surface area is 138 Å². The zero-order chi connectivity index (χ0) is 13.5. The standard InChI is InChI=1S/C16H16Br2Se/c17-15(13-7-3-1-4-8-13)11-19-12-16(18)14-9-5-2-6-10-14/h1-10,15-16H,11-12H2. The van der Waals surface area contributed by atoms with Gasteiger partial charge in [-0.2, -0.15) is 0 Å². The third kappa shape index (κ3) is 5.07. The summed E-state index contributed by atoms with van der Waals surface area (Å²) < 4.78 is 0. The molecule has 0 fully saturated rings. The van der Waals surface area contributed by atoms with Crippen molar-refractivity contribution >= 4 is 46.8 Å². The van der Waals surface area contributed by atoms with Crippen molar-refractivity contribution in [1.29, 1.82) is 0 Å². The van der Waals surface area contributed by atoms with E-state index >= 15 is 0 Å². The van der Waals surface area contributed by atoms with E-state index in [-0.39, 0.29) is 0 Å². The Morgan fingerprint density at radius 2 is 1.05 bits per heavy atom. The van der Waals surface area contributed by atoms with Crippen LogP contribution in [0.1, 0.15) is 20.8 Å². The zero-order valence-electron chi connectivity index (χ0n) is 10.5. The van der Waals surface area contributed by atoms with Crippen LogP contribution in [0.25, 0.3) is 0 Å². The number of halogens is 2. The summed E-state index contributed by atoms with van der Waals surface area (Å²) in [7, 11) is 0. The number of hydrogen-bond acceptors (Lipinski definition) is 0. The fourth-order valence-corrected chi connectivity index (χ4v) is 6.31. The summed E-state index contributed by atoms with van der Waals surface area (Å²) in [4.78, 5) is 0.980. The molecule has 0 nitrogen and oxygen atoms in total. The Hall–Kier alpha value is -0.0805. The normalized spacial score (nSPS) is 14.0. The Balaban J connectivity index is 1.78. The van der Waals surface area contributed by atoms with Gasteiger partial charge in [-0.15, -0.1) is 0 Å². The monoisotopic (exact) mass is 446 g/mol. The molecule has 0 N–H and O–H groups in total. The number of hydrogen-bond donors (Lipinski definition) is 0. The quantitative estimate of drug-likeness (QED) is 0.388. The first-order chi connectivity index (χ1) is 9.27. The molecular formula is C16H16Br2Se. The van der Waals surface area contributed by atoms with E-state index in [9.17, 15) is 0 Å². The van der Waals surface area contributed by atoms with Crippen molar-refractivity contribution in [3.05, 3.63) is 71.8 Å². The van der Waals surface area contributed by atoms with Gasteiger partial charge < -0.3 is 0 Å². The fourth-order valence-electron chi connectivity index (χ4n) is 1.79. The van der Waals surface area contributed by atoms with Gasteiger partial charge in [-0.1, -0.05) is 0 Å². The van der Waals surface area contributed by atoms with E-state index in [1.54, 1.807) is 0 Å². The van der Waals surface area contributed by atoms with Crippen LogP contribution in [-0.2, 0) is 0 Å². The topological polar surface area (TPSA) is 0 Å². The van der Waals surface area contributed by atoms with Gasteiger partial charge in [-0.05, 0) is 0 Å². The van der Waals surface area contributed by atoms with Gasteiger partial charge in [0.25, 0.3) is 0 Å². The Bertz CT molecular complexity index is 427. The number of benzene rings is 2. The third-order valence-corrected chi connectivity index (χ3v) is 8.87. The van der Waals surface area contributed by atoms with Crippen molar-refractivity contribution in [3.8, 4) is 0 Å². The molecule has 0 aliphatic heterocycles. The average molecular weight is 447 g/mol. The van der Waals surface area contributed by atoms with Gasteiger partial charge in [0.1, 0.15) is 0 Å². The van der Waals surface area contributed by atoms with Crippen LogP contribution in [0.4, 0.5) is 0 Å². The molecule has 100 valence electrons. The van der Waals surface area contributed by atoms with Crippen LogP contribution < -0.4 is 0 Å². The molecular weight excluding hydrogens is 431 g/mol. The van der Waals surface area contributed by atoms with Crippen molar-refractivity contribution < 1.29 is 0 Å². The maximum absolute atomic E-state index is 3.79. The molecule has 2 rings (SSSR count). The van der Waals surface area contributed by atoms with E-state index < -0.39 is 0 Å². The minimum atomic E-state index is 0.490. The molecule has 0 aliphatic carbocycles. The molecule has 2 aromatic rings. The van der Waals surface area contributed by atoms with E-state index in [0.717, 1.165) is 0 Å². The predicted octanol–water partition coefficient (Wildman–Crippen LogP) is 5.80. The summed E-state index contributed by atoms with van der Waals surface area (Å²) >= 11 is 8.22. The molecule has 0 amide bonds. The van der Waals surface area contributed by atoms with Gasteiger partial charge in [0, 0.05) is 0 Å². The molecule has 2 aromatic carbocycles. The van der Waals surface area contributed by atoms with Crippen molar-refractivity contribution in [2.45, 2.75) is 20.3 Å². The van der Waals surface area contributed by atoms with Crippen molar-refractivity contribution in [2.75, 3.05) is 0 Å². The van der Waals surface area contributed by atoms with Gasteiger partial charge in [0.15, 0.2) is 0 Å². The Morgan fingerprint density at radius 1 is 0.684 bits per heavy atom. The summed E-state index contributed by atoms with van der Waals surface area (Å²) in [6.45, 7) is 0. The second kappa shape index (κ2) is 8.26. The second-order valence-electron chi connectivity index (χ2n) is 4.29. The van der Waals surface area contributed by atoms with E-state index in [2.05, 4.69) is 92.5 Å². The Morgan fingerprint density at radius 3 is 1.42 bits per heavy atom. The molecule has 2 atom stereocenters. The molecule has 0 radical (unpaired) electrons. The summed E-state index contributed by atoms with van der Waals surface area (Å²) in [6.07, 6.45) is 0. The van der Waals surface area contributed by atoms with Gasteiger partial charge >= 0.3 is 139 Å². The molecule has 0 aromatic heterocycles. The fraction of sp³-hybridized carbons (Fsp3) is 0.250. The van der Waals surface area contributed by atoms with E-state index in [0.29, 0.717) is 24.6 Å². The van der Waals surface area contributed by atoms with Gasteiger partial charge in [-0.3, -0.25) is 0 Å². The molecule has 3 heteroatoms. The first kappa shape index (κ1) is 15.3. The first-order valence-electron chi connectivity index (χ1n) is 6.23. The van der Waals surface area contributed by atoms with Crippen LogP contribution >= 0.6 is 31.9 Å². The number of rotatable bonds is 6. The molecule has 0 bridgehead atoms. The SMILES string of the molecule is BrC(C[Se]CC(Br)c1ccccc1)c1ccccc1. The molecule has 19 heavy (non-hydrogen) atoms. The minimum absolute atomic E-state index is 0.490. The van der Waals surface area contributed by atoms with Crippen LogP contribution in [0.3, 0.4) is 0 Å².